The average Bonchev–Trinajstić information content (AvgIpc) is 3.06. The van der Waals surface area contributed by atoms with Crippen molar-refractivity contribution in [2.45, 2.75) is 12.8 Å². The highest BCUT2D eigenvalue weighted by molar-refractivity contribution is 5.95. The molecule has 3 rings (SSSR count). The number of likely N-dealkylation sites (tertiary alicyclic amines) is 1. The molecule has 0 spiro atoms. The van der Waals surface area contributed by atoms with Crippen molar-refractivity contribution >= 4 is 17.8 Å². The van der Waals surface area contributed by atoms with Gasteiger partial charge in [-0.1, -0.05) is 12.1 Å². The van der Waals surface area contributed by atoms with E-state index in [2.05, 4.69) is 9.97 Å². The molecule has 1 fully saturated rings. The Labute approximate surface area is 156 Å². The minimum absolute atomic E-state index is 0.0597. The fraction of sp³-hybridized carbons (Fsp3) is 0.368. The minimum atomic E-state index is -1.00. The Morgan fingerprint density at radius 3 is 2.63 bits per heavy atom. The van der Waals surface area contributed by atoms with Crippen LogP contribution in [-0.2, 0) is 4.79 Å². The number of carbonyl (C=O) groups is 2. The molecule has 8 heteroatoms. The standard InChI is InChI=1S/C19H21FN4O3/c1-11-14(8-21-19(22-11)23(2)3)17(25)24-9-15(16(10-24)18(26)27)12-5-4-6-13(20)7-12/h4-8,15-16H,9-10H2,1-3H3,(H,26,27)/t15-,16+/m1/s1. The van der Waals surface area contributed by atoms with Crippen LogP contribution >= 0.6 is 0 Å². The summed E-state index contributed by atoms with van der Waals surface area (Å²) in [5.74, 6) is -2.52. The van der Waals surface area contributed by atoms with Gasteiger partial charge in [-0.05, 0) is 24.6 Å². The third kappa shape index (κ3) is 3.74. The fourth-order valence-electron chi connectivity index (χ4n) is 3.35. The van der Waals surface area contributed by atoms with Crippen LogP contribution in [0.15, 0.2) is 30.5 Å². The summed E-state index contributed by atoms with van der Waals surface area (Å²) in [6, 6.07) is 5.88. The van der Waals surface area contributed by atoms with Crippen LogP contribution in [0.3, 0.4) is 0 Å². The van der Waals surface area contributed by atoms with Crippen molar-refractivity contribution in [2.75, 3.05) is 32.1 Å². The summed E-state index contributed by atoms with van der Waals surface area (Å²) in [5, 5.41) is 9.57. The van der Waals surface area contributed by atoms with Crippen LogP contribution < -0.4 is 4.90 Å². The molecule has 2 aromatic rings. The fourth-order valence-corrected chi connectivity index (χ4v) is 3.35. The normalized spacial score (nSPS) is 19.2. The first-order valence-electron chi connectivity index (χ1n) is 8.56. The zero-order chi connectivity index (χ0) is 19.7. The van der Waals surface area contributed by atoms with Gasteiger partial charge in [0.1, 0.15) is 5.82 Å². The number of hydrogen-bond donors (Lipinski definition) is 1. The molecule has 0 saturated carbocycles. The topological polar surface area (TPSA) is 86.6 Å². The number of nitrogens with zero attached hydrogens (tertiary/aromatic N) is 4. The molecule has 0 radical (unpaired) electrons. The smallest absolute Gasteiger partial charge is 0.308 e. The quantitative estimate of drug-likeness (QED) is 0.883. The summed E-state index contributed by atoms with van der Waals surface area (Å²) in [7, 11) is 3.61. The lowest BCUT2D eigenvalue weighted by atomic mass is 9.89. The predicted octanol–water partition coefficient (Wildman–Crippen LogP) is 1.93. The third-order valence-corrected chi connectivity index (χ3v) is 4.80. The summed E-state index contributed by atoms with van der Waals surface area (Å²) in [6.45, 7) is 1.98. The van der Waals surface area contributed by atoms with Crippen molar-refractivity contribution < 1.29 is 19.1 Å². The van der Waals surface area contributed by atoms with Gasteiger partial charge in [0.15, 0.2) is 0 Å². The molecule has 1 aromatic heterocycles. The highest BCUT2D eigenvalue weighted by atomic mass is 19.1. The Morgan fingerprint density at radius 1 is 1.30 bits per heavy atom. The molecule has 7 nitrogen and oxygen atoms in total. The van der Waals surface area contributed by atoms with E-state index in [-0.39, 0.29) is 19.0 Å². The number of carboxylic acids is 1. The van der Waals surface area contributed by atoms with Crippen LogP contribution in [0.1, 0.15) is 27.5 Å². The van der Waals surface area contributed by atoms with Crippen LogP contribution in [0, 0.1) is 18.7 Å². The van der Waals surface area contributed by atoms with Gasteiger partial charge in [-0.15, -0.1) is 0 Å². The van der Waals surface area contributed by atoms with Gasteiger partial charge in [0.25, 0.3) is 5.91 Å². The molecule has 0 unspecified atom stereocenters. The van der Waals surface area contributed by atoms with E-state index in [1.54, 1.807) is 38.1 Å². The maximum absolute atomic E-state index is 13.6. The average molecular weight is 372 g/mol. The molecule has 1 aliphatic rings. The van der Waals surface area contributed by atoms with Crippen molar-refractivity contribution in [2.24, 2.45) is 5.92 Å². The molecule has 1 aromatic carbocycles. The van der Waals surface area contributed by atoms with E-state index >= 15 is 0 Å². The van der Waals surface area contributed by atoms with Gasteiger partial charge in [-0.25, -0.2) is 14.4 Å². The summed E-state index contributed by atoms with van der Waals surface area (Å²) < 4.78 is 13.6. The number of carboxylic acid groups (broad SMARTS) is 1. The number of aromatic nitrogens is 2. The number of hydrogen-bond acceptors (Lipinski definition) is 5. The number of aliphatic carboxylic acids is 1. The summed E-state index contributed by atoms with van der Waals surface area (Å²) in [5.41, 5.74) is 1.44. The van der Waals surface area contributed by atoms with Crippen LogP contribution in [0.25, 0.3) is 0 Å². The highest BCUT2D eigenvalue weighted by Gasteiger charge is 2.41. The molecule has 1 aliphatic heterocycles. The van der Waals surface area contributed by atoms with Gasteiger partial charge in [-0.2, -0.15) is 0 Å². The van der Waals surface area contributed by atoms with Gasteiger partial charge in [-0.3, -0.25) is 9.59 Å². The number of amides is 1. The SMILES string of the molecule is Cc1nc(N(C)C)ncc1C(=O)N1C[C@H](C(=O)O)[C@@H](c2cccc(F)c2)C1. The molecule has 0 bridgehead atoms. The van der Waals surface area contributed by atoms with E-state index in [4.69, 9.17) is 0 Å². The van der Waals surface area contributed by atoms with Crippen molar-refractivity contribution in [1.29, 1.82) is 0 Å². The maximum Gasteiger partial charge on any atom is 0.308 e. The Kier molecular flexibility index (Phi) is 5.07. The van der Waals surface area contributed by atoms with E-state index < -0.39 is 23.6 Å². The van der Waals surface area contributed by atoms with Gasteiger partial charge in [0.2, 0.25) is 5.95 Å². The zero-order valence-electron chi connectivity index (χ0n) is 15.4. The van der Waals surface area contributed by atoms with E-state index in [9.17, 15) is 19.1 Å². The molecular weight excluding hydrogens is 351 g/mol. The van der Waals surface area contributed by atoms with Gasteiger partial charge < -0.3 is 14.9 Å². The lowest BCUT2D eigenvalue weighted by molar-refractivity contribution is -0.141. The second kappa shape index (κ2) is 7.30. The molecule has 27 heavy (non-hydrogen) atoms. The van der Waals surface area contributed by atoms with E-state index in [1.807, 2.05) is 0 Å². The van der Waals surface area contributed by atoms with Crippen LogP contribution in [0.4, 0.5) is 10.3 Å². The summed E-state index contributed by atoms with van der Waals surface area (Å²) in [6.07, 6.45) is 1.46. The second-order valence-electron chi connectivity index (χ2n) is 6.88. The van der Waals surface area contributed by atoms with E-state index in [1.165, 1.54) is 23.2 Å². The monoisotopic (exact) mass is 372 g/mol. The number of carbonyl (C=O) groups excluding carboxylic acids is 1. The van der Waals surface area contributed by atoms with Crippen LogP contribution in [0.5, 0.6) is 0 Å². The number of halogens is 1. The summed E-state index contributed by atoms with van der Waals surface area (Å²) in [4.78, 5) is 36.3. The molecular formula is C19H21FN4O3. The minimum Gasteiger partial charge on any atom is -0.481 e. The Hall–Kier alpha value is -3.03. The van der Waals surface area contributed by atoms with Gasteiger partial charge in [0, 0.05) is 39.3 Å². The Bertz CT molecular complexity index is 887. The number of benzene rings is 1. The first-order valence-corrected chi connectivity index (χ1v) is 8.56. The van der Waals surface area contributed by atoms with Crippen LogP contribution in [0.2, 0.25) is 0 Å². The molecule has 142 valence electrons. The van der Waals surface area contributed by atoms with Gasteiger partial charge in [0.05, 0.1) is 17.2 Å². The molecule has 1 saturated heterocycles. The van der Waals surface area contributed by atoms with Crippen molar-refractivity contribution in [1.82, 2.24) is 14.9 Å². The number of rotatable bonds is 4. The number of anilines is 1. The summed E-state index contributed by atoms with van der Waals surface area (Å²) >= 11 is 0. The second-order valence-corrected chi connectivity index (χ2v) is 6.88. The highest BCUT2D eigenvalue weighted by Crippen LogP contribution is 2.34. The Morgan fingerprint density at radius 2 is 2.04 bits per heavy atom. The molecule has 2 atom stereocenters. The van der Waals surface area contributed by atoms with E-state index in [0.717, 1.165) is 0 Å². The first-order chi connectivity index (χ1) is 12.8. The number of aryl methyl sites for hydroxylation is 1. The van der Waals surface area contributed by atoms with Gasteiger partial charge >= 0.3 is 5.97 Å². The molecule has 1 amide bonds. The lowest BCUT2D eigenvalue weighted by Crippen LogP contribution is -2.31. The molecule has 1 N–H and O–H groups in total. The van der Waals surface area contributed by atoms with Crippen LogP contribution in [-0.4, -0.2) is 59.0 Å². The largest absolute Gasteiger partial charge is 0.481 e. The lowest BCUT2D eigenvalue weighted by Gasteiger charge is -2.18. The molecule has 2 heterocycles. The van der Waals surface area contributed by atoms with Crippen molar-refractivity contribution in [3.05, 3.63) is 53.1 Å². The Balaban J connectivity index is 1.87. The van der Waals surface area contributed by atoms with Crippen molar-refractivity contribution in [3.63, 3.8) is 0 Å². The molecule has 0 aliphatic carbocycles. The zero-order valence-corrected chi connectivity index (χ0v) is 15.4. The van der Waals surface area contributed by atoms with E-state index in [0.29, 0.717) is 22.8 Å². The maximum atomic E-state index is 13.6. The third-order valence-electron chi connectivity index (χ3n) is 4.80. The van der Waals surface area contributed by atoms with Crippen molar-refractivity contribution in [3.8, 4) is 0 Å². The predicted molar refractivity (Wildman–Crippen MR) is 97.3 cm³/mol. The first kappa shape index (κ1) is 18.8.